The zero-order valence-electron chi connectivity index (χ0n) is 13.2. The van der Waals surface area contributed by atoms with Crippen LogP contribution in [0.25, 0.3) is 0 Å². The van der Waals surface area contributed by atoms with Crippen molar-refractivity contribution in [2.45, 2.75) is 49.8 Å². The number of amides is 2. The number of pyridine rings is 1. The van der Waals surface area contributed by atoms with E-state index in [1.807, 2.05) is 19.1 Å². The molecule has 1 aliphatic rings. The number of fused-ring (bicyclic) bond motifs is 1. The minimum absolute atomic E-state index is 0.0191. The normalized spacial score (nSPS) is 17.3. The molecule has 0 saturated carbocycles. The SMILES string of the molecule is CCCCN1C(=O)[C@H](CC(=O)NCCC)Sc2ncccc21. The fourth-order valence-corrected chi connectivity index (χ4v) is 3.49. The first-order valence-electron chi connectivity index (χ1n) is 7.87. The molecule has 0 radical (unpaired) electrons. The Morgan fingerprint density at radius 2 is 2.23 bits per heavy atom. The van der Waals surface area contributed by atoms with Gasteiger partial charge < -0.3 is 10.2 Å². The summed E-state index contributed by atoms with van der Waals surface area (Å²) < 4.78 is 0. The van der Waals surface area contributed by atoms with Gasteiger partial charge in [0.1, 0.15) is 5.03 Å². The maximum atomic E-state index is 12.7. The van der Waals surface area contributed by atoms with Crippen molar-refractivity contribution in [3.8, 4) is 0 Å². The van der Waals surface area contributed by atoms with Crippen molar-refractivity contribution in [1.82, 2.24) is 10.3 Å². The summed E-state index contributed by atoms with van der Waals surface area (Å²) in [6.07, 6.45) is 4.80. The number of aromatic nitrogens is 1. The summed E-state index contributed by atoms with van der Waals surface area (Å²) >= 11 is 1.40. The van der Waals surface area contributed by atoms with Crippen molar-refractivity contribution in [3.05, 3.63) is 18.3 Å². The fourth-order valence-electron chi connectivity index (χ4n) is 2.34. The first-order chi connectivity index (χ1) is 10.7. The van der Waals surface area contributed by atoms with E-state index in [0.717, 1.165) is 30.0 Å². The fraction of sp³-hybridized carbons (Fsp3) is 0.562. The van der Waals surface area contributed by atoms with Crippen molar-refractivity contribution in [1.29, 1.82) is 0 Å². The van der Waals surface area contributed by atoms with Crippen LogP contribution in [0, 0.1) is 0 Å². The van der Waals surface area contributed by atoms with Gasteiger partial charge in [-0.05, 0) is 25.0 Å². The molecule has 1 atom stereocenters. The van der Waals surface area contributed by atoms with Crippen LogP contribution >= 0.6 is 11.8 Å². The van der Waals surface area contributed by atoms with E-state index in [0.29, 0.717) is 13.1 Å². The number of nitrogens with one attached hydrogen (secondary N) is 1. The predicted octanol–water partition coefficient (Wildman–Crippen LogP) is 2.61. The third-order valence-corrected chi connectivity index (χ3v) is 4.71. The Morgan fingerprint density at radius 1 is 1.41 bits per heavy atom. The standard InChI is InChI=1S/C16H23N3O2S/c1-3-5-10-19-12-7-6-9-18-15(12)22-13(16(19)21)11-14(20)17-8-4-2/h6-7,9,13H,3-5,8,10-11H2,1-2H3,(H,17,20)/t13-/m0/s1. The topological polar surface area (TPSA) is 62.3 Å². The molecule has 1 aromatic heterocycles. The van der Waals surface area contributed by atoms with Gasteiger partial charge in [-0.2, -0.15) is 0 Å². The summed E-state index contributed by atoms with van der Waals surface area (Å²) in [5.74, 6) is -0.0480. The highest BCUT2D eigenvalue weighted by Gasteiger charge is 2.35. The number of carbonyl (C=O) groups excluding carboxylic acids is 2. The number of nitrogens with zero attached hydrogens (tertiary/aromatic N) is 2. The van der Waals surface area contributed by atoms with E-state index in [4.69, 9.17) is 0 Å². The summed E-state index contributed by atoms with van der Waals surface area (Å²) in [5, 5.41) is 3.30. The molecule has 1 N–H and O–H groups in total. The summed E-state index contributed by atoms with van der Waals surface area (Å²) in [6, 6.07) is 3.77. The van der Waals surface area contributed by atoms with Gasteiger partial charge in [0.2, 0.25) is 11.8 Å². The third kappa shape index (κ3) is 4.00. The molecule has 5 nitrogen and oxygen atoms in total. The second-order valence-corrected chi connectivity index (χ2v) is 6.52. The Bertz CT molecular complexity index is 536. The van der Waals surface area contributed by atoms with E-state index >= 15 is 0 Å². The maximum Gasteiger partial charge on any atom is 0.241 e. The minimum Gasteiger partial charge on any atom is -0.356 e. The van der Waals surface area contributed by atoms with Gasteiger partial charge in [-0.15, -0.1) is 0 Å². The van der Waals surface area contributed by atoms with Gasteiger partial charge in [0.05, 0.1) is 10.9 Å². The smallest absolute Gasteiger partial charge is 0.241 e. The largest absolute Gasteiger partial charge is 0.356 e. The molecule has 2 rings (SSSR count). The lowest BCUT2D eigenvalue weighted by molar-refractivity contribution is -0.124. The number of hydrogen-bond donors (Lipinski definition) is 1. The Morgan fingerprint density at radius 3 is 2.95 bits per heavy atom. The lowest BCUT2D eigenvalue weighted by Gasteiger charge is -2.32. The average molecular weight is 321 g/mol. The lowest BCUT2D eigenvalue weighted by atomic mass is 10.2. The second kappa shape index (κ2) is 8.17. The molecule has 0 spiro atoms. The average Bonchev–Trinajstić information content (AvgIpc) is 2.53. The number of anilines is 1. The van der Waals surface area contributed by atoms with E-state index in [9.17, 15) is 9.59 Å². The number of unbranched alkanes of at least 4 members (excludes halogenated alkanes) is 1. The summed E-state index contributed by atoms with van der Waals surface area (Å²) in [7, 11) is 0. The highest BCUT2D eigenvalue weighted by atomic mass is 32.2. The second-order valence-electron chi connectivity index (χ2n) is 5.33. The Labute approximate surface area is 135 Å². The highest BCUT2D eigenvalue weighted by molar-refractivity contribution is 8.00. The molecular formula is C16H23N3O2S. The van der Waals surface area contributed by atoms with Crippen LogP contribution in [0.15, 0.2) is 23.4 Å². The summed E-state index contributed by atoms with van der Waals surface area (Å²) in [5.41, 5.74) is 0.871. The molecule has 1 aromatic rings. The van der Waals surface area contributed by atoms with Crippen LogP contribution in [0.2, 0.25) is 0 Å². The first-order valence-corrected chi connectivity index (χ1v) is 8.75. The van der Waals surface area contributed by atoms with E-state index in [1.54, 1.807) is 11.1 Å². The zero-order valence-corrected chi connectivity index (χ0v) is 14.0. The van der Waals surface area contributed by atoms with Crippen LogP contribution in [0.1, 0.15) is 39.5 Å². The van der Waals surface area contributed by atoms with Crippen LogP contribution in [0.3, 0.4) is 0 Å². The van der Waals surface area contributed by atoms with Crippen molar-refractivity contribution in [3.63, 3.8) is 0 Å². The monoisotopic (exact) mass is 321 g/mol. The van der Waals surface area contributed by atoms with Gasteiger partial charge in [-0.3, -0.25) is 9.59 Å². The van der Waals surface area contributed by atoms with E-state index < -0.39 is 0 Å². The Balaban J connectivity index is 2.13. The van der Waals surface area contributed by atoms with Gasteiger partial charge in [0.15, 0.2) is 0 Å². The molecule has 0 fully saturated rings. The van der Waals surface area contributed by atoms with Gasteiger partial charge in [0, 0.05) is 25.7 Å². The van der Waals surface area contributed by atoms with Crippen LogP contribution in [-0.4, -0.2) is 35.1 Å². The zero-order chi connectivity index (χ0) is 15.9. The molecule has 0 saturated heterocycles. The Kier molecular flexibility index (Phi) is 6.24. The van der Waals surface area contributed by atoms with E-state index in [2.05, 4.69) is 17.2 Å². The van der Waals surface area contributed by atoms with Crippen molar-refractivity contribution < 1.29 is 9.59 Å². The third-order valence-electron chi connectivity index (χ3n) is 3.52. The lowest BCUT2D eigenvalue weighted by Crippen LogP contribution is -2.43. The van der Waals surface area contributed by atoms with Crippen LogP contribution in [0.4, 0.5) is 5.69 Å². The van der Waals surface area contributed by atoms with E-state index in [1.165, 1.54) is 11.8 Å². The van der Waals surface area contributed by atoms with Crippen LogP contribution < -0.4 is 10.2 Å². The molecule has 6 heteroatoms. The molecule has 22 heavy (non-hydrogen) atoms. The molecule has 0 unspecified atom stereocenters. The number of hydrogen-bond acceptors (Lipinski definition) is 4. The van der Waals surface area contributed by atoms with Crippen molar-refractivity contribution in [2.75, 3.05) is 18.0 Å². The molecule has 120 valence electrons. The molecular weight excluding hydrogens is 298 g/mol. The Hall–Kier alpha value is -1.56. The number of rotatable bonds is 7. The predicted molar refractivity (Wildman–Crippen MR) is 89.1 cm³/mol. The molecule has 2 heterocycles. The molecule has 1 aliphatic heterocycles. The molecule has 0 aromatic carbocycles. The first kappa shape index (κ1) is 16.8. The van der Waals surface area contributed by atoms with Crippen molar-refractivity contribution in [2.24, 2.45) is 0 Å². The number of carbonyl (C=O) groups is 2. The van der Waals surface area contributed by atoms with Gasteiger partial charge in [-0.25, -0.2) is 4.98 Å². The number of thioether (sulfide) groups is 1. The quantitative estimate of drug-likeness (QED) is 0.838. The summed E-state index contributed by atoms with van der Waals surface area (Å²) in [4.78, 5) is 30.8. The molecule has 2 amide bonds. The van der Waals surface area contributed by atoms with Gasteiger partial charge in [0.25, 0.3) is 0 Å². The van der Waals surface area contributed by atoms with Gasteiger partial charge >= 0.3 is 0 Å². The molecule has 0 aliphatic carbocycles. The minimum atomic E-state index is -0.379. The maximum absolute atomic E-state index is 12.7. The molecule has 0 bridgehead atoms. The van der Waals surface area contributed by atoms with Gasteiger partial charge in [-0.1, -0.05) is 32.0 Å². The van der Waals surface area contributed by atoms with Crippen LogP contribution in [-0.2, 0) is 9.59 Å². The highest BCUT2D eigenvalue weighted by Crippen LogP contribution is 2.38. The van der Waals surface area contributed by atoms with E-state index in [-0.39, 0.29) is 23.5 Å². The summed E-state index contributed by atoms with van der Waals surface area (Å²) in [6.45, 7) is 5.44. The van der Waals surface area contributed by atoms with Crippen LogP contribution in [0.5, 0.6) is 0 Å². The van der Waals surface area contributed by atoms with Crippen molar-refractivity contribution >= 4 is 29.3 Å².